The van der Waals surface area contributed by atoms with Gasteiger partial charge >= 0.3 is 0 Å². The normalized spacial score (nSPS) is 22.1. The predicted molar refractivity (Wildman–Crippen MR) is 83.2 cm³/mol. The maximum atomic E-state index is 5.77. The topological polar surface area (TPSA) is 33.3 Å². The Hall–Kier alpha value is -1.06. The summed E-state index contributed by atoms with van der Waals surface area (Å²) in [6.45, 7) is 4.08. The number of ether oxygens (including phenoxy) is 1. The Morgan fingerprint density at radius 3 is 3.15 bits per heavy atom. The lowest BCUT2D eigenvalue weighted by atomic mass is 9.99. The highest BCUT2D eigenvalue weighted by Crippen LogP contribution is 2.25. The third kappa shape index (κ3) is 3.53. The number of hydrogen-bond acceptors (Lipinski definition) is 3. The fraction of sp³-hybridized carbons (Fsp3) is 0.647. The van der Waals surface area contributed by atoms with E-state index in [2.05, 4.69) is 28.8 Å². The number of aryl methyl sites for hydroxylation is 1. The molecule has 1 aromatic carbocycles. The van der Waals surface area contributed by atoms with E-state index >= 15 is 0 Å². The molecule has 2 N–H and O–H groups in total. The lowest BCUT2D eigenvalue weighted by Crippen LogP contribution is -2.25. The van der Waals surface area contributed by atoms with Gasteiger partial charge in [-0.2, -0.15) is 0 Å². The Morgan fingerprint density at radius 1 is 1.25 bits per heavy atom. The molecule has 0 spiro atoms. The molecular weight excluding hydrogens is 248 g/mol. The summed E-state index contributed by atoms with van der Waals surface area (Å²) in [5, 5.41) is 7.14. The average molecular weight is 274 g/mol. The van der Waals surface area contributed by atoms with Crippen LogP contribution in [-0.4, -0.2) is 25.8 Å². The minimum Gasteiger partial charge on any atom is -0.385 e. The number of para-hydroxylation sites is 1. The molecule has 3 nitrogen and oxygen atoms in total. The summed E-state index contributed by atoms with van der Waals surface area (Å²) >= 11 is 0. The Morgan fingerprint density at radius 2 is 2.25 bits per heavy atom. The van der Waals surface area contributed by atoms with Crippen LogP contribution in [0.2, 0.25) is 0 Å². The van der Waals surface area contributed by atoms with E-state index in [4.69, 9.17) is 4.74 Å². The standard InChI is InChI=1S/C17H26N2O/c1-2-12-20-16(8-1)9-11-18-13-15-6-3-5-14-7-4-10-19-17(14)15/h3,5-6,16,18-19H,1-2,4,7-13H2. The molecule has 1 unspecified atom stereocenters. The number of nitrogens with one attached hydrogen (secondary N) is 2. The van der Waals surface area contributed by atoms with Crippen molar-refractivity contribution in [3.63, 3.8) is 0 Å². The number of hydrogen-bond donors (Lipinski definition) is 2. The van der Waals surface area contributed by atoms with Crippen LogP contribution in [0.15, 0.2) is 18.2 Å². The van der Waals surface area contributed by atoms with E-state index in [1.165, 1.54) is 48.9 Å². The molecule has 0 aromatic heterocycles. The summed E-state index contributed by atoms with van der Waals surface area (Å²) in [6, 6.07) is 6.68. The van der Waals surface area contributed by atoms with Crippen LogP contribution in [0.4, 0.5) is 5.69 Å². The number of fused-ring (bicyclic) bond motifs is 1. The van der Waals surface area contributed by atoms with Crippen molar-refractivity contribution < 1.29 is 4.74 Å². The van der Waals surface area contributed by atoms with Gasteiger partial charge in [0.15, 0.2) is 0 Å². The van der Waals surface area contributed by atoms with Crippen molar-refractivity contribution in [3.8, 4) is 0 Å². The van der Waals surface area contributed by atoms with Crippen molar-refractivity contribution in [3.05, 3.63) is 29.3 Å². The van der Waals surface area contributed by atoms with Gasteiger partial charge in [0, 0.05) is 25.4 Å². The first kappa shape index (κ1) is 13.9. The molecule has 2 heterocycles. The van der Waals surface area contributed by atoms with Crippen molar-refractivity contribution in [2.24, 2.45) is 0 Å². The number of anilines is 1. The third-order valence-electron chi connectivity index (χ3n) is 4.39. The van der Waals surface area contributed by atoms with Gasteiger partial charge in [-0.25, -0.2) is 0 Å². The summed E-state index contributed by atoms with van der Waals surface area (Å²) in [4.78, 5) is 0. The molecule has 0 saturated carbocycles. The van der Waals surface area contributed by atoms with Crippen LogP contribution in [0.5, 0.6) is 0 Å². The first-order valence-electron chi connectivity index (χ1n) is 8.10. The van der Waals surface area contributed by atoms with Crippen LogP contribution in [0, 0.1) is 0 Å². The smallest absolute Gasteiger partial charge is 0.0587 e. The lowest BCUT2D eigenvalue weighted by Gasteiger charge is -2.23. The van der Waals surface area contributed by atoms with Crippen LogP contribution >= 0.6 is 0 Å². The molecule has 1 saturated heterocycles. The van der Waals surface area contributed by atoms with E-state index < -0.39 is 0 Å². The van der Waals surface area contributed by atoms with E-state index in [-0.39, 0.29) is 0 Å². The minimum atomic E-state index is 0.485. The molecule has 2 aliphatic rings. The van der Waals surface area contributed by atoms with Gasteiger partial charge in [-0.05, 0) is 56.2 Å². The molecule has 110 valence electrons. The quantitative estimate of drug-likeness (QED) is 0.810. The van der Waals surface area contributed by atoms with Gasteiger partial charge in [-0.3, -0.25) is 0 Å². The number of benzene rings is 1. The maximum Gasteiger partial charge on any atom is 0.0587 e. The van der Waals surface area contributed by atoms with E-state index in [0.29, 0.717) is 6.10 Å². The van der Waals surface area contributed by atoms with Crippen molar-refractivity contribution in [1.29, 1.82) is 0 Å². The summed E-state index contributed by atoms with van der Waals surface area (Å²) in [7, 11) is 0. The van der Waals surface area contributed by atoms with Gasteiger partial charge in [0.2, 0.25) is 0 Å². The molecule has 20 heavy (non-hydrogen) atoms. The molecular formula is C17H26N2O. The second-order valence-electron chi connectivity index (χ2n) is 5.94. The fourth-order valence-corrected chi connectivity index (χ4v) is 3.25. The zero-order valence-corrected chi connectivity index (χ0v) is 12.3. The monoisotopic (exact) mass is 274 g/mol. The van der Waals surface area contributed by atoms with Gasteiger partial charge in [0.25, 0.3) is 0 Å². The van der Waals surface area contributed by atoms with Gasteiger partial charge in [-0.1, -0.05) is 18.2 Å². The van der Waals surface area contributed by atoms with E-state index in [1.54, 1.807) is 0 Å². The van der Waals surface area contributed by atoms with Crippen molar-refractivity contribution >= 4 is 5.69 Å². The average Bonchev–Trinajstić information content (AvgIpc) is 2.53. The van der Waals surface area contributed by atoms with Gasteiger partial charge in [-0.15, -0.1) is 0 Å². The van der Waals surface area contributed by atoms with Crippen LogP contribution in [0.3, 0.4) is 0 Å². The predicted octanol–water partition coefficient (Wildman–Crippen LogP) is 3.09. The zero-order chi connectivity index (χ0) is 13.6. The van der Waals surface area contributed by atoms with Crippen LogP contribution < -0.4 is 10.6 Å². The molecule has 1 atom stereocenters. The van der Waals surface area contributed by atoms with Gasteiger partial charge in [0.1, 0.15) is 0 Å². The lowest BCUT2D eigenvalue weighted by molar-refractivity contribution is 0.0115. The van der Waals surface area contributed by atoms with Crippen LogP contribution in [-0.2, 0) is 17.7 Å². The Balaban J connectivity index is 1.46. The highest BCUT2D eigenvalue weighted by molar-refractivity contribution is 5.59. The van der Waals surface area contributed by atoms with Crippen molar-refractivity contribution in [2.45, 2.75) is 51.2 Å². The maximum absolute atomic E-state index is 5.77. The highest BCUT2D eigenvalue weighted by Gasteiger charge is 2.14. The Labute approximate surface area is 122 Å². The summed E-state index contributed by atoms with van der Waals surface area (Å²) < 4.78 is 5.77. The third-order valence-corrected chi connectivity index (χ3v) is 4.39. The fourth-order valence-electron chi connectivity index (χ4n) is 3.25. The minimum absolute atomic E-state index is 0.485. The zero-order valence-electron chi connectivity index (χ0n) is 12.3. The largest absolute Gasteiger partial charge is 0.385 e. The van der Waals surface area contributed by atoms with Crippen molar-refractivity contribution in [2.75, 3.05) is 25.0 Å². The van der Waals surface area contributed by atoms with Crippen LogP contribution in [0.25, 0.3) is 0 Å². The van der Waals surface area contributed by atoms with E-state index in [1.807, 2.05) is 0 Å². The van der Waals surface area contributed by atoms with Gasteiger partial charge < -0.3 is 15.4 Å². The molecule has 0 amide bonds. The molecule has 3 rings (SSSR count). The Kier molecular flexibility index (Phi) is 4.93. The molecule has 0 bridgehead atoms. The van der Waals surface area contributed by atoms with E-state index in [0.717, 1.165) is 32.7 Å². The van der Waals surface area contributed by atoms with Crippen LogP contribution in [0.1, 0.15) is 43.2 Å². The molecule has 1 aromatic rings. The van der Waals surface area contributed by atoms with E-state index in [9.17, 15) is 0 Å². The van der Waals surface area contributed by atoms with Gasteiger partial charge in [0.05, 0.1) is 6.10 Å². The number of rotatable bonds is 5. The molecule has 0 aliphatic carbocycles. The molecule has 2 aliphatic heterocycles. The van der Waals surface area contributed by atoms with Crippen molar-refractivity contribution in [1.82, 2.24) is 5.32 Å². The molecule has 1 fully saturated rings. The molecule has 0 radical (unpaired) electrons. The first-order chi connectivity index (χ1) is 9.93. The molecule has 3 heteroatoms. The summed E-state index contributed by atoms with van der Waals surface area (Å²) in [6.07, 6.45) is 7.91. The summed E-state index contributed by atoms with van der Waals surface area (Å²) in [5.74, 6) is 0. The Bertz CT molecular complexity index is 427. The second kappa shape index (κ2) is 7.09. The SMILES string of the molecule is c1cc2c(c(CNCCC3CCCCO3)c1)NCCC2. The highest BCUT2D eigenvalue weighted by atomic mass is 16.5. The first-order valence-corrected chi connectivity index (χ1v) is 8.10. The summed E-state index contributed by atoms with van der Waals surface area (Å²) in [5.41, 5.74) is 4.26. The second-order valence-corrected chi connectivity index (χ2v) is 5.94.